The number of piperazine rings is 1. The number of imidazole rings is 1. The first-order valence-electron chi connectivity index (χ1n) is 14.4. The highest BCUT2D eigenvalue weighted by Gasteiger charge is 2.42. The zero-order valence-electron chi connectivity index (χ0n) is 24.3. The third kappa shape index (κ3) is 7.03. The van der Waals surface area contributed by atoms with Crippen molar-refractivity contribution in [3.8, 4) is 6.07 Å². The summed E-state index contributed by atoms with van der Waals surface area (Å²) >= 11 is 12.7. The lowest BCUT2D eigenvalue weighted by Crippen LogP contribution is -2.48. The zero-order chi connectivity index (χ0) is 31.4. The van der Waals surface area contributed by atoms with Crippen LogP contribution in [0, 0.1) is 11.3 Å². The van der Waals surface area contributed by atoms with E-state index in [1.54, 1.807) is 36.8 Å². The van der Waals surface area contributed by atoms with Crippen LogP contribution in [0.1, 0.15) is 16.7 Å². The molecule has 0 radical (unpaired) electrons. The number of anilines is 1. The Morgan fingerprint density at radius 1 is 1.00 bits per heavy atom. The molecule has 2 aliphatic rings. The van der Waals surface area contributed by atoms with E-state index in [1.807, 2.05) is 47.2 Å². The Balaban J connectivity index is 1.02. The molecule has 0 aliphatic carbocycles. The van der Waals surface area contributed by atoms with E-state index in [2.05, 4.69) is 9.88 Å². The quantitative estimate of drug-likeness (QED) is 0.244. The molecule has 10 nitrogen and oxygen atoms in total. The van der Waals surface area contributed by atoms with Crippen molar-refractivity contribution in [2.45, 2.75) is 29.9 Å². The molecule has 2 saturated heterocycles. The minimum absolute atomic E-state index is 0.144. The summed E-state index contributed by atoms with van der Waals surface area (Å²) in [5, 5.41) is 10.1. The molecule has 0 saturated carbocycles. The number of nitriles is 1. The number of rotatable bonds is 9. The third-order valence-corrected chi connectivity index (χ3v) is 10.4. The maximum Gasteiger partial charge on any atom is 0.243 e. The third-order valence-electron chi connectivity index (χ3n) is 7.92. The van der Waals surface area contributed by atoms with Crippen LogP contribution in [0.4, 0.5) is 5.69 Å². The van der Waals surface area contributed by atoms with Crippen molar-refractivity contribution < 1.29 is 22.6 Å². The van der Waals surface area contributed by atoms with Crippen molar-refractivity contribution in [3.63, 3.8) is 0 Å². The average Bonchev–Trinajstić information content (AvgIpc) is 3.57. The Hall–Kier alpha value is -3.47. The van der Waals surface area contributed by atoms with Gasteiger partial charge in [0.25, 0.3) is 0 Å². The van der Waals surface area contributed by atoms with Gasteiger partial charge in [0.1, 0.15) is 6.10 Å². The molecule has 4 aromatic rings. The largest absolute Gasteiger partial charge is 0.369 e. The van der Waals surface area contributed by atoms with E-state index in [9.17, 15) is 8.42 Å². The smallest absolute Gasteiger partial charge is 0.243 e. The standard InChI is InChI=1S/C32H31Cl2N5O5S/c33-26-6-9-30(31(34)17-26)32(22-37-11-10-36-23-37)43-20-28(21-44-32)42-19-24-4-7-27(8-5-24)38-12-14-39(15-13-38)45(40,41)29-3-1-2-25(16-29)18-35/h1-11,16-17,23,28H,12-15,19-22H2. The number of sulfonamides is 1. The van der Waals surface area contributed by atoms with Gasteiger partial charge in [0.05, 0.1) is 54.2 Å². The van der Waals surface area contributed by atoms with E-state index in [0.717, 1.165) is 11.3 Å². The van der Waals surface area contributed by atoms with Crippen LogP contribution in [-0.4, -0.2) is 67.8 Å². The molecule has 2 aliphatic heterocycles. The normalized spacial score (nSPS) is 21.0. The molecule has 0 bridgehead atoms. The Morgan fingerprint density at radius 2 is 1.76 bits per heavy atom. The summed E-state index contributed by atoms with van der Waals surface area (Å²) in [5.41, 5.74) is 3.01. The molecule has 2 fully saturated rings. The molecular weight excluding hydrogens is 637 g/mol. The van der Waals surface area contributed by atoms with E-state index < -0.39 is 15.8 Å². The fourth-order valence-corrected chi connectivity index (χ4v) is 7.49. The van der Waals surface area contributed by atoms with Crippen molar-refractivity contribution in [3.05, 3.63) is 112 Å². The Bertz CT molecular complexity index is 1760. The summed E-state index contributed by atoms with van der Waals surface area (Å²) in [5.74, 6) is -1.12. The SMILES string of the molecule is N#Cc1cccc(S(=O)(=O)N2CCN(c3ccc(COC4COC(Cn5ccnc5)(c5ccc(Cl)cc5Cl)OC4)cc3)CC2)c1. The Labute approximate surface area is 272 Å². The summed E-state index contributed by atoms with van der Waals surface area (Å²) in [6.07, 6.45) is 4.95. The van der Waals surface area contributed by atoms with Crippen LogP contribution in [0.15, 0.2) is 90.3 Å². The lowest BCUT2D eigenvalue weighted by Gasteiger charge is -2.41. The van der Waals surface area contributed by atoms with Gasteiger partial charge in [-0.3, -0.25) is 0 Å². The van der Waals surface area contributed by atoms with Gasteiger partial charge in [-0.05, 0) is 48.0 Å². The summed E-state index contributed by atoms with van der Waals surface area (Å²) in [6, 6.07) is 21.4. The molecule has 13 heteroatoms. The van der Waals surface area contributed by atoms with Gasteiger partial charge in [-0.25, -0.2) is 13.4 Å². The average molecular weight is 669 g/mol. The predicted octanol–water partition coefficient (Wildman–Crippen LogP) is 5.06. The lowest BCUT2D eigenvalue weighted by atomic mass is 10.0. The summed E-state index contributed by atoms with van der Waals surface area (Å²) in [4.78, 5) is 6.43. The monoisotopic (exact) mass is 667 g/mol. The van der Waals surface area contributed by atoms with Gasteiger partial charge in [-0.2, -0.15) is 9.57 Å². The highest BCUT2D eigenvalue weighted by molar-refractivity contribution is 7.89. The summed E-state index contributed by atoms with van der Waals surface area (Å²) in [7, 11) is -3.66. The molecule has 234 valence electrons. The molecule has 0 amide bonds. The highest BCUT2D eigenvalue weighted by Crippen LogP contribution is 2.38. The first-order chi connectivity index (χ1) is 21.8. The molecule has 0 spiro atoms. The minimum atomic E-state index is -3.66. The number of nitrogens with zero attached hydrogens (tertiary/aromatic N) is 5. The van der Waals surface area contributed by atoms with Crippen molar-refractivity contribution in [2.24, 2.45) is 0 Å². The van der Waals surface area contributed by atoms with Gasteiger partial charge >= 0.3 is 0 Å². The molecule has 45 heavy (non-hydrogen) atoms. The minimum Gasteiger partial charge on any atom is -0.369 e. The Kier molecular flexibility index (Phi) is 9.44. The molecule has 0 atom stereocenters. The first kappa shape index (κ1) is 31.5. The van der Waals surface area contributed by atoms with E-state index in [-0.39, 0.29) is 11.0 Å². The molecule has 3 aromatic carbocycles. The van der Waals surface area contributed by atoms with Crippen molar-refractivity contribution in [1.82, 2.24) is 13.9 Å². The van der Waals surface area contributed by atoms with Gasteiger partial charge < -0.3 is 23.7 Å². The number of ether oxygens (including phenoxy) is 3. The van der Waals surface area contributed by atoms with Crippen molar-refractivity contribution in [1.29, 1.82) is 5.26 Å². The molecule has 6 rings (SSSR count). The maximum absolute atomic E-state index is 13.1. The number of hydrogen-bond acceptors (Lipinski definition) is 8. The van der Waals surface area contributed by atoms with Gasteiger partial charge in [0, 0.05) is 54.8 Å². The van der Waals surface area contributed by atoms with Gasteiger partial charge in [-0.1, -0.05) is 47.5 Å². The van der Waals surface area contributed by atoms with Crippen LogP contribution < -0.4 is 4.90 Å². The van der Waals surface area contributed by atoms with E-state index in [1.165, 1.54) is 16.4 Å². The second-order valence-electron chi connectivity index (χ2n) is 10.9. The van der Waals surface area contributed by atoms with Crippen LogP contribution in [-0.2, 0) is 43.2 Å². The fraction of sp³-hybridized carbons (Fsp3) is 0.312. The van der Waals surface area contributed by atoms with Crippen LogP contribution in [0.3, 0.4) is 0 Å². The van der Waals surface area contributed by atoms with Gasteiger partial charge in [0.2, 0.25) is 15.8 Å². The number of aromatic nitrogens is 2. The summed E-state index contributed by atoms with van der Waals surface area (Å²) < 4.78 is 48.4. The number of halogens is 2. The maximum atomic E-state index is 13.1. The zero-order valence-corrected chi connectivity index (χ0v) is 26.6. The fourth-order valence-electron chi connectivity index (χ4n) is 5.47. The van der Waals surface area contributed by atoms with E-state index in [0.29, 0.717) is 73.7 Å². The van der Waals surface area contributed by atoms with Crippen LogP contribution >= 0.6 is 23.2 Å². The molecule has 0 unspecified atom stereocenters. The van der Waals surface area contributed by atoms with Crippen LogP contribution in [0.2, 0.25) is 10.0 Å². The topological polar surface area (TPSA) is 110 Å². The number of hydrogen-bond donors (Lipinski definition) is 0. The lowest BCUT2D eigenvalue weighted by molar-refractivity contribution is -0.313. The molecular formula is C32H31Cl2N5O5S. The van der Waals surface area contributed by atoms with Crippen molar-refractivity contribution >= 4 is 38.9 Å². The second kappa shape index (κ2) is 13.5. The predicted molar refractivity (Wildman–Crippen MR) is 169 cm³/mol. The van der Waals surface area contributed by atoms with Crippen LogP contribution in [0.25, 0.3) is 0 Å². The van der Waals surface area contributed by atoms with E-state index >= 15 is 0 Å². The first-order valence-corrected chi connectivity index (χ1v) is 16.6. The van der Waals surface area contributed by atoms with Crippen LogP contribution in [0.5, 0.6) is 0 Å². The van der Waals surface area contributed by atoms with E-state index in [4.69, 9.17) is 42.7 Å². The molecule has 1 aromatic heterocycles. The number of benzene rings is 3. The van der Waals surface area contributed by atoms with Crippen molar-refractivity contribution in [2.75, 3.05) is 44.3 Å². The highest BCUT2D eigenvalue weighted by atomic mass is 35.5. The second-order valence-corrected chi connectivity index (χ2v) is 13.6. The molecule has 3 heterocycles. The Morgan fingerprint density at radius 3 is 2.42 bits per heavy atom. The van der Waals surface area contributed by atoms with Gasteiger partial charge in [0.15, 0.2) is 0 Å². The summed E-state index contributed by atoms with van der Waals surface area (Å²) in [6.45, 7) is 3.17. The molecule has 0 N–H and O–H groups in total. The van der Waals surface area contributed by atoms with Gasteiger partial charge in [-0.15, -0.1) is 0 Å².